The van der Waals surface area contributed by atoms with Gasteiger partial charge in [0.1, 0.15) is 0 Å². The maximum absolute atomic E-state index is 6.44. The van der Waals surface area contributed by atoms with Crippen molar-refractivity contribution in [3.8, 4) is 11.5 Å². The molecule has 1 atom stereocenters. The Morgan fingerprint density at radius 2 is 2.35 bits per heavy atom. The van der Waals surface area contributed by atoms with Crippen LogP contribution in [0.15, 0.2) is 6.07 Å². The number of nitrogens with two attached hydrogens (primary N) is 1. The second-order valence-corrected chi connectivity index (χ2v) is 4.74. The van der Waals surface area contributed by atoms with Gasteiger partial charge in [0.05, 0.1) is 18.7 Å². The van der Waals surface area contributed by atoms with Gasteiger partial charge in [0.15, 0.2) is 11.5 Å². The largest absolute Gasteiger partial charge is 0.493 e. The Hall–Kier alpha value is -0.930. The van der Waals surface area contributed by atoms with Crippen LogP contribution in [-0.2, 0) is 6.42 Å². The normalized spacial score (nSPS) is 15.3. The Morgan fingerprint density at radius 3 is 3.00 bits per heavy atom. The monoisotopic (exact) mass is 255 g/mol. The minimum Gasteiger partial charge on any atom is -0.493 e. The Morgan fingerprint density at radius 1 is 1.59 bits per heavy atom. The molecular formula is C13H18ClNO2. The highest BCUT2D eigenvalue weighted by molar-refractivity contribution is 6.32. The first kappa shape index (κ1) is 12.5. The van der Waals surface area contributed by atoms with Crippen LogP contribution >= 0.6 is 11.6 Å². The molecule has 2 rings (SSSR count). The quantitative estimate of drug-likeness (QED) is 0.900. The second kappa shape index (κ2) is 5.15. The fourth-order valence-electron chi connectivity index (χ4n) is 2.25. The third-order valence-corrected chi connectivity index (χ3v) is 3.70. The SMILES string of the molecule is COc1cc(C(C)CCN)c(Cl)c2c1OCC2. The number of benzene rings is 1. The number of hydrogen-bond acceptors (Lipinski definition) is 3. The molecule has 1 aromatic rings. The third-order valence-electron chi connectivity index (χ3n) is 3.25. The van der Waals surface area contributed by atoms with Crippen molar-refractivity contribution in [1.82, 2.24) is 0 Å². The molecule has 0 saturated carbocycles. The van der Waals surface area contributed by atoms with E-state index in [1.54, 1.807) is 7.11 Å². The van der Waals surface area contributed by atoms with Crippen molar-refractivity contribution in [2.75, 3.05) is 20.3 Å². The summed E-state index contributed by atoms with van der Waals surface area (Å²) in [4.78, 5) is 0. The Bertz CT molecular complexity index is 420. The minimum absolute atomic E-state index is 0.340. The molecule has 1 heterocycles. The van der Waals surface area contributed by atoms with Crippen molar-refractivity contribution in [2.45, 2.75) is 25.7 Å². The summed E-state index contributed by atoms with van der Waals surface area (Å²) in [6.07, 6.45) is 1.77. The lowest BCUT2D eigenvalue weighted by Crippen LogP contribution is -2.06. The zero-order valence-electron chi connectivity index (χ0n) is 10.3. The van der Waals surface area contributed by atoms with Crippen molar-refractivity contribution in [3.63, 3.8) is 0 Å². The topological polar surface area (TPSA) is 44.5 Å². The molecule has 2 N–H and O–H groups in total. The van der Waals surface area contributed by atoms with Gasteiger partial charge in [-0.2, -0.15) is 0 Å². The molecule has 17 heavy (non-hydrogen) atoms. The molecule has 1 unspecified atom stereocenters. The molecule has 3 nitrogen and oxygen atoms in total. The summed E-state index contributed by atoms with van der Waals surface area (Å²) in [5, 5.41) is 0.819. The van der Waals surface area contributed by atoms with Crippen molar-refractivity contribution in [1.29, 1.82) is 0 Å². The first-order chi connectivity index (χ1) is 8.19. The first-order valence-corrected chi connectivity index (χ1v) is 6.29. The number of rotatable bonds is 4. The summed E-state index contributed by atoms with van der Waals surface area (Å²) >= 11 is 6.44. The zero-order chi connectivity index (χ0) is 12.4. The van der Waals surface area contributed by atoms with Gasteiger partial charge in [0.25, 0.3) is 0 Å². The van der Waals surface area contributed by atoms with Gasteiger partial charge < -0.3 is 15.2 Å². The van der Waals surface area contributed by atoms with Crippen molar-refractivity contribution < 1.29 is 9.47 Å². The van der Waals surface area contributed by atoms with Crippen molar-refractivity contribution >= 4 is 11.6 Å². The van der Waals surface area contributed by atoms with Gasteiger partial charge in [-0.1, -0.05) is 18.5 Å². The van der Waals surface area contributed by atoms with Gasteiger partial charge in [0.2, 0.25) is 0 Å². The van der Waals surface area contributed by atoms with Gasteiger partial charge >= 0.3 is 0 Å². The van der Waals surface area contributed by atoms with Crippen LogP contribution in [0.1, 0.15) is 30.4 Å². The number of hydrogen-bond donors (Lipinski definition) is 1. The average molecular weight is 256 g/mol. The molecule has 0 aromatic heterocycles. The van der Waals surface area contributed by atoms with Crippen LogP contribution in [0.2, 0.25) is 5.02 Å². The third kappa shape index (κ3) is 2.22. The molecule has 0 radical (unpaired) electrons. The summed E-state index contributed by atoms with van der Waals surface area (Å²) < 4.78 is 10.9. The molecule has 0 saturated heterocycles. The standard InChI is InChI=1S/C13H18ClNO2/c1-8(3-5-15)10-7-11(16-2)13-9(12(10)14)4-6-17-13/h7-8H,3-6,15H2,1-2H3. The fraction of sp³-hybridized carbons (Fsp3) is 0.538. The Balaban J connectivity index is 2.46. The van der Waals surface area contributed by atoms with E-state index in [1.807, 2.05) is 6.07 Å². The van der Waals surface area contributed by atoms with E-state index < -0.39 is 0 Å². The van der Waals surface area contributed by atoms with E-state index in [0.717, 1.165) is 40.5 Å². The number of methoxy groups -OCH3 is 1. The molecule has 0 bridgehead atoms. The first-order valence-electron chi connectivity index (χ1n) is 5.91. The lowest BCUT2D eigenvalue weighted by molar-refractivity contribution is 0.326. The van der Waals surface area contributed by atoms with Crippen LogP contribution in [0.4, 0.5) is 0 Å². The molecule has 94 valence electrons. The highest BCUT2D eigenvalue weighted by Gasteiger charge is 2.24. The number of ether oxygens (including phenoxy) is 2. The highest BCUT2D eigenvalue weighted by Crippen LogP contribution is 2.44. The summed E-state index contributed by atoms with van der Waals surface area (Å²) in [5.41, 5.74) is 7.78. The smallest absolute Gasteiger partial charge is 0.165 e. The van der Waals surface area contributed by atoms with Crippen LogP contribution in [-0.4, -0.2) is 20.3 Å². The van der Waals surface area contributed by atoms with Crippen LogP contribution in [0, 0.1) is 0 Å². The predicted octanol–water partition coefficient (Wildman–Crippen LogP) is 2.74. The molecule has 0 spiro atoms. The zero-order valence-corrected chi connectivity index (χ0v) is 11.0. The molecule has 1 aromatic carbocycles. The predicted molar refractivity (Wildman–Crippen MR) is 69.3 cm³/mol. The lowest BCUT2D eigenvalue weighted by atomic mass is 9.94. The van der Waals surface area contributed by atoms with Crippen LogP contribution < -0.4 is 15.2 Å². The molecule has 0 amide bonds. The van der Waals surface area contributed by atoms with Gasteiger partial charge in [-0.25, -0.2) is 0 Å². The summed E-state index contributed by atoms with van der Waals surface area (Å²) in [7, 11) is 1.66. The molecule has 0 aliphatic carbocycles. The Kier molecular flexibility index (Phi) is 3.79. The van der Waals surface area contributed by atoms with E-state index in [-0.39, 0.29) is 0 Å². The van der Waals surface area contributed by atoms with Gasteiger partial charge in [-0.15, -0.1) is 0 Å². The second-order valence-electron chi connectivity index (χ2n) is 4.37. The lowest BCUT2D eigenvalue weighted by Gasteiger charge is -2.17. The average Bonchev–Trinajstić information content (AvgIpc) is 2.79. The number of fused-ring (bicyclic) bond motifs is 1. The van der Waals surface area contributed by atoms with Gasteiger partial charge in [0, 0.05) is 12.0 Å². The minimum atomic E-state index is 0.340. The molecule has 1 aliphatic heterocycles. The van der Waals surface area contributed by atoms with Crippen LogP contribution in [0.3, 0.4) is 0 Å². The van der Waals surface area contributed by atoms with Crippen molar-refractivity contribution in [3.05, 3.63) is 22.2 Å². The summed E-state index contributed by atoms with van der Waals surface area (Å²) in [5.74, 6) is 1.93. The van der Waals surface area contributed by atoms with E-state index >= 15 is 0 Å². The van der Waals surface area contributed by atoms with Crippen LogP contribution in [0.5, 0.6) is 11.5 Å². The van der Waals surface area contributed by atoms with Gasteiger partial charge in [-0.05, 0) is 30.5 Å². The van der Waals surface area contributed by atoms with E-state index in [0.29, 0.717) is 19.1 Å². The van der Waals surface area contributed by atoms with Gasteiger partial charge in [-0.3, -0.25) is 0 Å². The van der Waals surface area contributed by atoms with Crippen LogP contribution in [0.25, 0.3) is 0 Å². The van der Waals surface area contributed by atoms with E-state index in [2.05, 4.69) is 6.92 Å². The summed E-state index contributed by atoms with van der Waals surface area (Å²) in [6.45, 7) is 3.48. The summed E-state index contributed by atoms with van der Waals surface area (Å²) in [6, 6.07) is 1.98. The van der Waals surface area contributed by atoms with E-state index in [9.17, 15) is 0 Å². The fourth-order valence-corrected chi connectivity index (χ4v) is 2.67. The number of halogens is 1. The molecule has 1 aliphatic rings. The molecular weight excluding hydrogens is 238 g/mol. The highest BCUT2D eigenvalue weighted by atomic mass is 35.5. The molecule has 0 fully saturated rings. The maximum Gasteiger partial charge on any atom is 0.165 e. The van der Waals surface area contributed by atoms with Crippen molar-refractivity contribution in [2.24, 2.45) is 5.73 Å². The maximum atomic E-state index is 6.44. The van der Waals surface area contributed by atoms with E-state index in [4.69, 9.17) is 26.8 Å². The van der Waals surface area contributed by atoms with E-state index in [1.165, 1.54) is 0 Å². The molecule has 4 heteroatoms. The Labute approximate surface area is 107 Å².